The number of halogens is 4. The third-order valence-corrected chi connectivity index (χ3v) is 2.62. The zero-order valence-electron chi connectivity index (χ0n) is 10.9. The van der Waals surface area contributed by atoms with Gasteiger partial charge in [0.05, 0.1) is 17.8 Å². The van der Waals surface area contributed by atoms with Gasteiger partial charge in [0.1, 0.15) is 11.6 Å². The summed E-state index contributed by atoms with van der Waals surface area (Å²) in [5.74, 6) is -2.40. The lowest BCUT2D eigenvalue weighted by Gasteiger charge is -2.09. The second kappa shape index (κ2) is 6.00. The molecule has 0 fully saturated rings. The van der Waals surface area contributed by atoms with Crippen LogP contribution in [0.5, 0.6) is 5.75 Å². The molecule has 0 spiro atoms. The first kappa shape index (κ1) is 15.7. The van der Waals surface area contributed by atoms with Crippen LogP contribution in [0.2, 0.25) is 0 Å². The summed E-state index contributed by atoms with van der Waals surface area (Å²) in [6, 6.07) is 7.16. The number of nitrogens with zero attached hydrogens (tertiary/aromatic N) is 1. The molecule has 0 bridgehead atoms. The maximum Gasteiger partial charge on any atom is 0.573 e. The molecular formula is C14H9F4NO3. The van der Waals surface area contributed by atoms with Crippen LogP contribution in [-0.4, -0.2) is 22.4 Å². The average Bonchev–Trinajstić information content (AvgIpc) is 2.40. The van der Waals surface area contributed by atoms with Crippen molar-refractivity contribution in [3.63, 3.8) is 0 Å². The molecule has 0 amide bonds. The topological polar surface area (TPSA) is 59.4 Å². The number of aliphatic carboxylic acids is 1. The molecule has 8 heteroatoms. The van der Waals surface area contributed by atoms with Gasteiger partial charge in [0.2, 0.25) is 0 Å². The largest absolute Gasteiger partial charge is 0.573 e. The zero-order chi connectivity index (χ0) is 16.3. The maximum absolute atomic E-state index is 13.4. The van der Waals surface area contributed by atoms with Crippen molar-refractivity contribution < 1.29 is 32.2 Å². The molecule has 0 saturated heterocycles. The Kier molecular flexibility index (Phi) is 4.30. The number of alkyl halides is 3. The Bertz CT molecular complexity index is 683. The monoisotopic (exact) mass is 315 g/mol. The summed E-state index contributed by atoms with van der Waals surface area (Å²) < 4.78 is 53.3. The normalized spacial score (nSPS) is 11.3. The van der Waals surface area contributed by atoms with Gasteiger partial charge >= 0.3 is 12.3 Å². The molecular weight excluding hydrogens is 306 g/mol. The van der Waals surface area contributed by atoms with Gasteiger partial charge in [0.25, 0.3) is 0 Å². The first-order valence-corrected chi connectivity index (χ1v) is 5.98. The van der Waals surface area contributed by atoms with E-state index in [1.54, 1.807) is 0 Å². The van der Waals surface area contributed by atoms with E-state index in [0.717, 1.165) is 18.2 Å². The molecule has 0 atom stereocenters. The Labute approximate surface area is 122 Å². The standard InChI is InChI=1S/C14H9F4NO3/c15-10-5-6-11(19-12(10)7-13(20)21)8-1-3-9(4-2-8)22-14(16,17)18/h1-6H,7H2,(H,20,21). The van der Waals surface area contributed by atoms with Crippen molar-refractivity contribution in [1.29, 1.82) is 0 Å². The molecule has 1 aromatic heterocycles. The van der Waals surface area contributed by atoms with Crippen molar-refractivity contribution in [2.75, 3.05) is 0 Å². The lowest BCUT2D eigenvalue weighted by atomic mass is 10.1. The molecule has 0 radical (unpaired) electrons. The molecule has 0 aliphatic heterocycles. The summed E-state index contributed by atoms with van der Waals surface area (Å²) in [6.07, 6.45) is -5.38. The van der Waals surface area contributed by atoms with Crippen molar-refractivity contribution in [3.8, 4) is 17.0 Å². The minimum absolute atomic E-state index is 0.246. The fourth-order valence-corrected chi connectivity index (χ4v) is 1.74. The van der Waals surface area contributed by atoms with Crippen LogP contribution in [0.4, 0.5) is 17.6 Å². The van der Waals surface area contributed by atoms with Crippen LogP contribution >= 0.6 is 0 Å². The quantitative estimate of drug-likeness (QED) is 0.878. The number of aromatic nitrogens is 1. The third kappa shape index (κ3) is 4.18. The Balaban J connectivity index is 2.26. The van der Waals surface area contributed by atoms with Crippen molar-refractivity contribution in [1.82, 2.24) is 4.98 Å². The predicted octanol–water partition coefficient (Wildman–Crippen LogP) is 3.41. The zero-order valence-corrected chi connectivity index (χ0v) is 10.9. The van der Waals surface area contributed by atoms with E-state index in [1.165, 1.54) is 18.2 Å². The van der Waals surface area contributed by atoms with E-state index in [0.29, 0.717) is 5.56 Å². The predicted molar refractivity (Wildman–Crippen MR) is 67.7 cm³/mol. The highest BCUT2D eigenvalue weighted by Crippen LogP contribution is 2.26. The lowest BCUT2D eigenvalue weighted by molar-refractivity contribution is -0.274. The average molecular weight is 315 g/mol. The molecule has 0 aliphatic rings. The van der Waals surface area contributed by atoms with Crippen molar-refractivity contribution in [2.24, 2.45) is 0 Å². The van der Waals surface area contributed by atoms with Crippen LogP contribution in [0.15, 0.2) is 36.4 Å². The fraction of sp³-hybridized carbons (Fsp3) is 0.143. The highest BCUT2D eigenvalue weighted by atomic mass is 19.4. The SMILES string of the molecule is O=C(O)Cc1nc(-c2ccc(OC(F)(F)F)cc2)ccc1F. The van der Waals surface area contributed by atoms with Crippen molar-refractivity contribution in [2.45, 2.75) is 12.8 Å². The van der Waals surface area contributed by atoms with Crippen LogP contribution in [0.3, 0.4) is 0 Å². The Morgan fingerprint density at radius 1 is 1.14 bits per heavy atom. The van der Waals surface area contributed by atoms with Gasteiger partial charge in [0, 0.05) is 5.56 Å². The highest BCUT2D eigenvalue weighted by molar-refractivity contribution is 5.70. The molecule has 1 aromatic carbocycles. The number of hydrogen-bond acceptors (Lipinski definition) is 3. The third-order valence-electron chi connectivity index (χ3n) is 2.62. The summed E-state index contributed by atoms with van der Waals surface area (Å²) in [4.78, 5) is 14.5. The summed E-state index contributed by atoms with van der Waals surface area (Å²) in [7, 11) is 0. The van der Waals surface area contributed by atoms with E-state index in [2.05, 4.69) is 9.72 Å². The summed E-state index contributed by atoms with van der Waals surface area (Å²) >= 11 is 0. The van der Waals surface area contributed by atoms with Gasteiger partial charge in [0.15, 0.2) is 0 Å². The molecule has 116 valence electrons. The summed E-state index contributed by atoms with van der Waals surface area (Å²) in [5.41, 5.74) is 0.401. The molecule has 4 nitrogen and oxygen atoms in total. The van der Waals surface area contributed by atoms with Crippen molar-refractivity contribution >= 4 is 5.97 Å². The van der Waals surface area contributed by atoms with Crippen LogP contribution < -0.4 is 4.74 Å². The number of carbonyl (C=O) groups is 1. The Hall–Kier alpha value is -2.64. The lowest BCUT2D eigenvalue weighted by Crippen LogP contribution is -2.16. The van der Waals surface area contributed by atoms with Crippen LogP contribution in [-0.2, 0) is 11.2 Å². The van der Waals surface area contributed by atoms with E-state index in [9.17, 15) is 22.4 Å². The molecule has 2 aromatic rings. The molecule has 2 rings (SSSR count). The Morgan fingerprint density at radius 3 is 2.32 bits per heavy atom. The summed E-state index contributed by atoms with van der Waals surface area (Å²) in [5, 5.41) is 8.67. The molecule has 0 unspecified atom stereocenters. The first-order chi connectivity index (χ1) is 10.2. The van der Waals surface area contributed by atoms with Crippen molar-refractivity contribution in [3.05, 3.63) is 47.9 Å². The van der Waals surface area contributed by atoms with Crippen LogP contribution in [0.1, 0.15) is 5.69 Å². The second-order valence-electron chi connectivity index (χ2n) is 4.27. The minimum atomic E-state index is -4.79. The number of benzene rings is 1. The number of hydrogen-bond donors (Lipinski definition) is 1. The van der Waals surface area contributed by atoms with E-state index in [4.69, 9.17) is 5.11 Å². The number of ether oxygens (including phenoxy) is 1. The van der Waals surface area contributed by atoms with Gasteiger partial charge in [-0.1, -0.05) is 0 Å². The number of carboxylic acid groups (broad SMARTS) is 1. The number of pyridine rings is 1. The smallest absolute Gasteiger partial charge is 0.481 e. The number of rotatable bonds is 4. The van der Waals surface area contributed by atoms with Gasteiger partial charge in [-0.3, -0.25) is 4.79 Å². The maximum atomic E-state index is 13.4. The van der Waals surface area contributed by atoms with Gasteiger partial charge in [-0.25, -0.2) is 9.37 Å². The van der Waals surface area contributed by atoms with Gasteiger partial charge in [-0.2, -0.15) is 0 Å². The van der Waals surface area contributed by atoms with E-state index in [1.807, 2.05) is 0 Å². The summed E-state index contributed by atoms with van der Waals surface area (Å²) in [6.45, 7) is 0. The van der Waals surface area contributed by atoms with Crippen LogP contribution in [0, 0.1) is 5.82 Å². The molecule has 0 saturated carbocycles. The van der Waals surface area contributed by atoms with E-state index in [-0.39, 0.29) is 11.4 Å². The molecule has 1 N–H and O–H groups in total. The highest BCUT2D eigenvalue weighted by Gasteiger charge is 2.30. The van der Waals surface area contributed by atoms with E-state index < -0.39 is 30.3 Å². The molecule has 0 aliphatic carbocycles. The van der Waals surface area contributed by atoms with Gasteiger partial charge in [-0.15, -0.1) is 13.2 Å². The van der Waals surface area contributed by atoms with Gasteiger partial charge < -0.3 is 9.84 Å². The fourth-order valence-electron chi connectivity index (χ4n) is 1.74. The van der Waals surface area contributed by atoms with E-state index >= 15 is 0 Å². The molecule has 22 heavy (non-hydrogen) atoms. The Morgan fingerprint density at radius 2 is 1.77 bits per heavy atom. The first-order valence-electron chi connectivity index (χ1n) is 5.98. The molecule has 1 heterocycles. The second-order valence-corrected chi connectivity index (χ2v) is 4.27. The van der Waals surface area contributed by atoms with Gasteiger partial charge in [-0.05, 0) is 36.4 Å². The minimum Gasteiger partial charge on any atom is -0.481 e. The van der Waals surface area contributed by atoms with Crippen LogP contribution in [0.25, 0.3) is 11.3 Å². The number of carboxylic acids is 1.